The molecule has 18 heavy (non-hydrogen) atoms. The molecule has 1 fully saturated rings. The van der Waals surface area contributed by atoms with E-state index in [0.717, 1.165) is 24.3 Å². The number of anilines is 1. The molecule has 0 aromatic heterocycles. The van der Waals surface area contributed by atoms with Crippen LogP contribution in [0.15, 0.2) is 24.3 Å². The molecular weight excluding hydrogens is 226 g/mol. The minimum Gasteiger partial charge on any atom is -0.396 e. The number of hydrogen-bond acceptors (Lipinski definition) is 3. The highest BCUT2D eigenvalue weighted by molar-refractivity contribution is 5.52. The van der Waals surface area contributed by atoms with Gasteiger partial charge in [0.05, 0.1) is 25.2 Å². The van der Waals surface area contributed by atoms with Gasteiger partial charge in [-0.15, -0.1) is 6.42 Å². The Hall–Kier alpha value is -1.50. The second-order valence-electron chi connectivity index (χ2n) is 4.86. The minimum atomic E-state index is -0.109. The topological polar surface area (TPSA) is 32.7 Å². The summed E-state index contributed by atoms with van der Waals surface area (Å²) in [7, 11) is 0. The molecule has 0 amide bonds. The predicted molar refractivity (Wildman–Crippen MR) is 72.6 cm³/mol. The van der Waals surface area contributed by atoms with Crippen molar-refractivity contribution in [3.63, 3.8) is 0 Å². The largest absolute Gasteiger partial charge is 0.396 e. The van der Waals surface area contributed by atoms with Crippen molar-refractivity contribution in [3.8, 4) is 12.3 Å². The van der Waals surface area contributed by atoms with E-state index in [9.17, 15) is 5.11 Å². The van der Waals surface area contributed by atoms with Gasteiger partial charge in [-0.25, -0.2) is 0 Å². The van der Waals surface area contributed by atoms with Crippen LogP contribution in [-0.2, 0) is 4.74 Å². The molecule has 1 aromatic rings. The van der Waals surface area contributed by atoms with Crippen molar-refractivity contribution in [2.24, 2.45) is 5.41 Å². The monoisotopic (exact) mass is 245 g/mol. The van der Waals surface area contributed by atoms with Crippen molar-refractivity contribution in [1.29, 1.82) is 0 Å². The fourth-order valence-corrected chi connectivity index (χ4v) is 2.21. The molecule has 3 nitrogen and oxygen atoms in total. The van der Waals surface area contributed by atoms with Gasteiger partial charge in [-0.05, 0) is 25.1 Å². The lowest BCUT2D eigenvalue weighted by Gasteiger charge is -2.43. The van der Waals surface area contributed by atoms with E-state index in [0.29, 0.717) is 13.2 Å². The molecule has 96 valence electrons. The van der Waals surface area contributed by atoms with Gasteiger partial charge in [0, 0.05) is 24.3 Å². The van der Waals surface area contributed by atoms with Crippen LogP contribution in [0.4, 0.5) is 5.69 Å². The smallest absolute Gasteiger partial charge is 0.0584 e. The predicted octanol–water partition coefficient (Wildman–Crippen LogP) is 1.50. The summed E-state index contributed by atoms with van der Waals surface area (Å²) in [4.78, 5) is 2.24. The summed E-state index contributed by atoms with van der Waals surface area (Å²) in [6, 6.07) is 7.95. The highest BCUT2D eigenvalue weighted by Crippen LogP contribution is 2.30. The molecule has 0 bridgehead atoms. The van der Waals surface area contributed by atoms with Crippen LogP contribution in [0, 0.1) is 17.8 Å². The van der Waals surface area contributed by atoms with Gasteiger partial charge < -0.3 is 14.7 Å². The molecular formula is C15H19NO2. The van der Waals surface area contributed by atoms with Crippen molar-refractivity contribution in [3.05, 3.63) is 29.8 Å². The van der Waals surface area contributed by atoms with Crippen LogP contribution >= 0.6 is 0 Å². The fourth-order valence-electron chi connectivity index (χ4n) is 2.21. The summed E-state index contributed by atoms with van der Waals surface area (Å²) in [5, 5.41) is 9.49. The Labute approximate surface area is 108 Å². The number of rotatable bonds is 5. The lowest BCUT2D eigenvalue weighted by molar-refractivity contribution is -0.130. The Morgan fingerprint density at radius 1 is 1.50 bits per heavy atom. The highest BCUT2D eigenvalue weighted by atomic mass is 16.5. The molecule has 1 saturated heterocycles. The molecule has 1 heterocycles. The first-order chi connectivity index (χ1) is 8.73. The summed E-state index contributed by atoms with van der Waals surface area (Å²) >= 11 is 0. The van der Waals surface area contributed by atoms with E-state index in [1.807, 2.05) is 18.2 Å². The number of hydrogen-bond donors (Lipinski definition) is 1. The second-order valence-corrected chi connectivity index (χ2v) is 4.86. The maximum atomic E-state index is 9.49. The lowest BCUT2D eigenvalue weighted by Crippen LogP contribution is -2.53. The summed E-state index contributed by atoms with van der Waals surface area (Å²) in [5.74, 6) is 2.65. The third-order valence-electron chi connectivity index (χ3n) is 3.44. The molecule has 0 aliphatic carbocycles. The Morgan fingerprint density at radius 2 is 2.28 bits per heavy atom. The normalized spacial score (nSPS) is 16.7. The van der Waals surface area contributed by atoms with Gasteiger partial charge in [-0.3, -0.25) is 0 Å². The number of aliphatic hydroxyl groups is 1. The number of benzene rings is 1. The van der Waals surface area contributed by atoms with E-state index in [4.69, 9.17) is 11.2 Å². The van der Waals surface area contributed by atoms with Crippen LogP contribution in [0.3, 0.4) is 0 Å². The third-order valence-corrected chi connectivity index (χ3v) is 3.44. The van der Waals surface area contributed by atoms with Crippen LogP contribution in [0.25, 0.3) is 0 Å². The summed E-state index contributed by atoms with van der Waals surface area (Å²) in [6.45, 7) is 5.22. The Kier molecular flexibility index (Phi) is 3.90. The summed E-state index contributed by atoms with van der Waals surface area (Å²) in [6.07, 6.45) is 5.42. The van der Waals surface area contributed by atoms with Crippen molar-refractivity contribution in [1.82, 2.24) is 0 Å². The third kappa shape index (κ3) is 2.50. The molecule has 3 heteroatoms. The average molecular weight is 245 g/mol. The molecule has 0 unspecified atom stereocenters. The zero-order valence-electron chi connectivity index (χ0n) is 10.7. The first kappa shape index (κ1) is 12.9. The second kappa shape index (κ2) is 5.43. The first-order valence-electron chi connectivity index (χ1n) is 6.23. The van der Waals surface area contributed by atoms with Gasteiger partial charge in [-0.2, -0.15) is 0 Å². The van der Waals surface area contributed by atoms with Gasteiger partial charge in [0.1, 0.15) is 0 Å². The van der Waals surface area contributed by atoms with Gasteiger partial charge in [0.15, 0.2) is 0 Å². The van der Waals surface area contributed by atoms with E-state index in [1.165, 1.54) is 0 Å². The molecule has 0 radical (unpaired) electrons. The molecule has 0 atom stereocenters. The minimum absolute atomic E-state index is 0.109. The number of nitrogens with zero attached hydrogens (tertiary/aromatic N) is 1. The molecule has 1 aliphatic rings. The van der Waals surface area contributed by atoms with Crippen molar-refractivity contribution in [2.75, 3.05) is 37.8 Å². The van der Waals surface area contributed by atoms with Crippen LogP contribution in [0.5, 0.6) is 0 Å². The standard InChI is InChI=1S/C15H19NO2/c1-3-13-6-5-7-14(8-13)16(4-2)9-15(10-17)11-18-12-15/h1,5-8,17H,4,9-12H2,2H3. The highest BCUT2D eigenvalue weighted by Gasteiger charge is 2.39. The van der Waals surface area contributed by atoms with Crippen molar-refractivity contribution >= 4 is 5.69 Å². The van der Waals surface area contributed by atoms with Crippen LogP contribution < -0.4 is 4.90 Å². The first-order valence-corrected chi connectivity index (χ1v) is 6.23. The summed E-state index contributed by atoms with van der Waals surface area (Å²) in [5.41, 5.74) is 1.88. The van der Waals surface area contributed by atoms with Gasteiger partial charge in [0.25, 0.3) is 0 Å². The SMILES string of the molecule is C#Cc1cccc(N(CC)CC2(CO)COC2)c1. The zero-order valence-corrected chi connectivity index (χ0v) is 10.7. The number of terminal acetylenes is 1. The molecule has 2 rings (SSSR count). The zero-order chi connectivity index (χ0) is 13.0. The number of aliphatic hydroxyl groups excluding tert-OH is 1. The Morgan fingerprint density at radius 3 is 2.78 bits per heavy atom. The molecule has 0 spiro atoms. The van der Waals surface area contributed by atoms with E-state index >= 15 is 0 Å². The van der Waals surface area contributed by atoms with E-state index in [2.05, 4.69) is 23.8 Å². The molecule has 1 aromatic carbocycles. The van der Waals surface area contributed by atoms with Crippen molar-refractivity contribution < 1.29 is 9.84 Å². The Balaban J connectivity index is 2.15. The average Bonchev–Trinajstić information content (AvgIpc) is 2.38. The van der Waals surface area contributed by atoms with Gasteiger partial charge in [-0.1, -0.05) is 12.0 Å². The van der Waals surface area contributed by atoms with E-state index in [-0.39, 0.29) is 12.0 Å². The van der Waals surface area contributed by atoms with Crippen LogP contribution in [0.1, 0.15) is 12.5 Å². The van der Waals surface area contributed by atoms with E-state index in [1.54, 1.807) is 0 Å². The van der Waals surface area contributed by atoms with Crippen molar-refractivity contribution in [2.45, 2.75) is 6.92 Å². The molecule has 1 aliphatic heterocycles. The lowest BCUT2D eigenvalue weighted by atomic mass is 9.86. The summed E-state index contributed by atoms with van der Waals surface area (Å²) < 4.78 is 5.24. The Bertz CT molecular complexity index is 441. The van der Waals surface area contributed by atoms with Crippen LogP contribution in [0.2, 0.25) is 0 Å². The van der Waals surface area contributed by atoms with Crippen LogP contribution in [-0.4, -0.2) is 38.0 Å². The molecule has 0 saturated carbocycles. The molecule has 1 N–H and O–H groups in total. The quantitative estimate of drug-likeness (QED) is 0.798. The van der Waals surface area contributed by atoms with E-state index < -0.39 is 0 Å². The maximum absolute atomic E-state index is 9.49. The number of ether oxygens (including phenoxy) is 1. The fraction of sp³-hybridized carbons (Fsp3) is 0.467. The van der Waals surface area contributed by atoms with Gasteiger partial charge in [0.2, 0.25) is 0 Å². The maximum Gasteiger partial charge on any atom is 0.0584 e. The van der Waals surface area contributed by atoms with Gasteiger partial charge >= 0.3 is 0 Å².